The van der Waals surface area contributed by atoms with Crippen LogP contribution < -0.4 is 5.32 Å². The first-order valence-electron chi connectivity index (χ1n) is 10.4. The minimum Gasteiger partial charge on any atom is -0.382 e. The lowest BCUT2D eigenvalue weighted by molar-refractivity contribution is -0.0361. The molecule has 1 saturated carbocycles. The number of amides is 2. The zero-order chi connectivity index (χ0) is 19.8. The van der Waals surface area contributed by atoms with E-state index in [0.29, 0.717) is 13.2 Å². The van der Waals surface area contributed by atoms with Crippen molar-refractivity contribution in [3.05, 3.63) is 30.1 Å². The highest BCUT2D eigenvalue weighted by atomic mass is 16.5. The third-order valence-corrected chi connectivity index (χ3v) is 6.18. The van der Waals surface area contributed by atoms with Crippen LogP contribution in [0.5, 0.6) is 0 Å². The SMILES string of the molecule is COC[C@@H](c1ccccn1)N(C)C(=O)NCC1(N2CCOCC2)CCCCC1. The maximum Gasteiger partial charge on any atom is 0.317 e. The lowest BCUT2D eigenvalue weighted by atomic mass is 9.80. The molecule has 0 aromatic carbocycles. The molecule has 1 aliphatic carbocycles. The van der Waals surface area contributed by atoms with Crippen LogP contribution in [0.1, 0.15) is 43.8 Å². The van der Waals surface area contributed by atoms with E-state index in [9.17, 15) is 4.79 Å². The number of morpholine rings is 1. The quantitative estimate of drug-likeness (QED) is 0.775. The molecule has 7 nitrogen and oxygen atoms in total. The average molecular weight is 391 g/mol. The summed E-state index contributed by atoms with van der Waals surface area (Å²) in [5.74, 6) is 0. The molecule has 3 rings (SSSR count). The first-order valence-corrected chi connectivity index (χ1v) is 10.4. The Kier molecular flexibility index (Phi) is 7.65. The van der Waals surface area contributed by atoms with Crippen LogP contribution in [-0.4, -0.2) is 80.0 Å². The minimum atomic E-state index is -0.211. The molecule has 1 aromatic rings. The average Bonchev–Trinajstić information content (AvgIpc) is 2.77. The van der Waals surface area contributed by atoms with Crippen LogP contribution in [0.2, 0.25) is 0 Å². The molecule has 2 heterocycles. The number of methoxy groups -OCH3 is 1. The zero-order valence-corrected chi connectivity index (χ0v) is 17.2. The van der Waals surface area contributed by atoms with E-state index < -0.39 is 0 Å². The summed E-state index contributed by atoms with van der Waals surface area (Å²) >= 11 is 0. The highest BCUT2D eigenvalue weighted by molar-refractivity contribution is 5.74. The lowest BCUT2D eigenvalue weighted by Crippen LogP contribution is -2.60. The van der Waals surface area contributed by atoms with Crippen LogP contribution in [0.4, 0.5) is 4.79 Å². The van der Waals surface area contributed by atoms with E-state index in [1.165, 1.54) is 19.3 Å². The van der Waals surface area contributed by atoms with Gasteiger partial charge in [-0.2, -0.15) is 0 Å². The van der Waals surface area contributed by atoms with E-state index in [0.717, 1.165) is 44.8 Å². The Labute approximate surface area is 168 Å². The van der Waals surface area contributed by atoms with E-state index in [-0.39, 0.29) is 17.6 Å². The number of pyridine rings is 1. The smallest absolute Gasteiger partial charge is 0.317 e. The summed E-state index contributed by atoms with van der Waals surface area (Å²) in [4.78, 5) is 21.7. The fourth-order valence-corrected chi connectivity index (χ4v) is 4.49. The fraction of sp³-hybridized carbons (Fsp3) is 0.714. The molecule has 1 aliphatic heterocycles. The Morgan fingerprint density at radius 3 is 2.71 bits per heavy atom. The number of aromatic nitrogens is 1. The molecule has 0 spiro atoms. The minimum absolute atomic E-state index is 0.0558. The van der Waals surface area contributed by atoms with Crippen molar-refractivity contribution in [2.75, 3.05) is 53.6 Å². The summed E-state index contributed by atoms with van der Waals surface area (Å²) < 4.78 is 10.9. The molecule has 2 aliphatic rings. The molecule has 0 unspecified atom stereocenters. The lowest BCUT2D eigenvalue weighted by Gasteiger charge is -2.48. The van der Waals surface area contributed by atoms with Gasteiger partial charge in [0.15, 0.2) is 0 Å². The Morgan fingerprint density at radius 2 is 2.07 bits per heavy atom. The van der Waals surface area contributed by atoms with Crippen molar-refractivity contribution in [2.24, 2.45) is 0 Å². The number of ether oxygens (including phenoxy) is 2. The number of likely N-dealkylation sites (N-methyl/N-ethyl adjacent to an activating group) is 1. The van der Waals surface area contributed by atoms with Gasteiger partial charge in [0, 0.05) is 45.5 Å². The van der Waals surface area contributed by atoms with Crippen molar-refractivity contribution < 1.29 is 14.3 Å². The van der Waals surface area contributed by atoms with Crippen molar-refractivity contribution in [3.8, 4) is 0 Å². The predicted molar refractivity (Wildman–Crippen MR) is 108 cm³/mol. The third kappa shape index (κ3) is 5.01. The largest absolute Gasteiger partial charge is 0.382 e. The Morgan fingerprint density at radius 1 is 1.32 bits per heavy atom. The molecule has 28 heavy (non-hydrogen) atoms. The summed E-state index contributed by atoms with van der Waals surface area (Å²) in [6, 6.07) is 5.46. The number of urea groups is 1. The number of hydrogen-bond acceptors (Lipinski definition) is 5. The van der Waals surface area contributed by atoms with Crippen molar-refractivity contribution >= 4 is 6.03 Å². The second kappa shape index (κ2) is 10.2. The van der Waals surface area contributed by atoms with Crippen molar-refractivity contribution in [1.29, 1.82) is 0 Å². The van der Waals surface area contributed by atoms with E-state index in [4.69, 9.17) is 9.47 Å². The van der Waals surface area contributed by atoms with Gasteiger partial charge in [-0.1, -0.05) is 25.3 Å². The summed E-state index contributed by atoms with van der Waals surface area (Å²) in [5, 5.41) is 3.22. The second-order valence-corrected chi connectivity index (χ2v) is 7.88. The molecule has 0 radical (unpaired) electrons. The van der Waals surface area contributed by atoms with E-state index in [1.807, 2.05) is 25.2 Å². The Balaban J connectivity index is 1.65. The molecule has 1 N–H and O–H groups in total. The van der Waals surface area contributed by atoms with Gasteiger partial charge in [0.1, 0.15) is 0 Å². The molecular weight excluding hydrogens is 356 g/mol. The predicted octanol–water partition coefficient (Wildman–Crippen LogP) is 2.45. The molecular formula is C21H34N4O3. The normalized spacial score (nSPS) is 21.1. The summed E-state index contributed by atoms with van der Waals surface area (Å²) in [6.07, 6.45) is 7.76. The third-order valence-electron chi connectivity index (χ3n) is 6.18. The first kappa shape index (κ1) is 21.0. The van der Waals surface area contributed by atoms with Gasteiger partial charge in [0.25, 0.3) is 0 Å². The molecule has 1 atom stereocenters. The maximum atomic E-state index is 13.0. The van der Waals surface area contributed by atoms with Gasteiger partial charge in [-0.3, -0.25) is 9.88 Å². The number of rotatable bonds is 7. The highest BCUT2D eigenvalue weighted by Gasteiger charge is 2.39. The van der Waals surface area contributed by atoms with Crippen LogP contribution in [0, 0.1) is 0 Å². The van der Waals surface area contributed by atoms with Crippen LogP contribution in [-0.2, 0) is 9.47 Å². The molecule has 7 heteroatoms. The first-order chi connectivity index (χ1) is 13.7. The van der Waals surface area contributed by atoms with Crippen molar-refractivity contribution in [2.45, 2.75) is 43.7 Å². The molecule has 2 fully saturated rings. The number of nitrogens with one attached hydrogen (secondary N) is 1. The monoisotopic (exact) mass is 390 g/mol. The zero-order valence-electron chi connectivity index (χ0n) is 17.2. The van der Waals surface area contributed by atoms with Gasteiger partial charge in [0.05, 0.1) is 31.6 Å². The molecule has 156 valence electrons. The van der Waals surface area contributed by atoms with Crippen molar-refractivity contribution in [3.63, 3.8) is 0 Å². The van der Waals surface area contributed by atoms with Gasteiger partial charge < -0.3 is 19.7 Å². The maximum absolute atomic E-state index is 13.0. The Bertz CT molecular complexity index is 601. The highest BCUT2D eigenvalue weighted by Crippen LogP contribution is 2.34. The molecule has 1 saturated heterocycles. The fourth-order valence-electron chi connectivity index (χ4n) is 4.49. The number of carbonyl (C=O) groups excluding carboxylic acids is 1. The van der Waals surface area contributed by atoms with Crippen LogP contribution >= 0.6 is 0 Å². The van der Waals surface area contributed by atoms with Gasteiger partial charge >= 0.3 is 6.03 Å². The van der Waals surface area contributed by atoms with E-state index in [2.05, 4.69) is 15.2 Å². The summed E-state index contributed by atoms with van der Waals surface area (Å²) in [6.45, 7) is 4.56. The number of carbonyl (C=O) groups is 1. The van der Waals surface area contributed by atoms with Crippen LogP contribution in [0.3, 0.4) is 0 Å². The molecule has 2 amide bonds. The van der Waals surface area contributed by atoms with Gasteiger partial charge in [-0.15, -0.1) is 0 Å². The van der Waals surface area contributed by atoms with Crippen molar-refractivity contribution in [1.82, 2.24) is 20.1 Å². The van der Waals surface area contributed by atoms with Gasteiger partial charge in [-0.25, -0.2) is 4.79 Å². The van der Waals surface area contributed by atoms with E-state index >= 15 is 0 Å². The number of hydrogen-bond donors (Lipinski definition) is 1. The number of nitrogens with zero attached hydrogens (tertiary/aromatic N) is 3. The van der Waals surface area contributed by atoms with Gasteiger partial charge in [-0.05, 0) is 25.0 Å². The molecule has 1 aromatic heterocycles. The van der Waals surface area contributed by atoms with Crippen LogP contribution in [0.25, 0.3) is 0 Å². The Hall–Kier alpha value is -1.70. The van der Waals surface area contributed by atoms with E-state index in [1.54, 1.807) is 18.2 Å². The molecule has 0 bridgehead atoms. The summed E-state index contributed by atoms with van der Waals surface area (Å²) in [5.41, 5.74) is 0.892. The van der Waals surface area contributed by atoms with Gasteiger partial charge in [0.2, 0.25) is 0 Å². The summed E-state index contributed by atoms with van der Waals surface area (Å²) in [7, 11) is 3.47. The van der Waals surface area contributed by atoms with Crippen LogP contribution in [0.15, 0.2) is 24.4 Å². The topological polar surface area (TPSA) is 66.9 Å². The second-order valence-electron chi connectivity index (χ2n) is 7.88. The standard InChI is InChI=1S/C21H34N4O3/c1-24(19(16-27-2)18-8-4-7-11-22-18)20(26)23-17-21(9-5-3-6-10-21)25-12-14-28-15-13-25/h4,7-8,11,19H,3,5-6,9-10,12-17H2,1-2H3,(H,23,26)/t19-/m0/s1.